The number of rotatable bonds is 1. The Bertz CT molecular complexity index is 297. The van der Waals surface area contributed by atoms with E-state index >= 15 is 0 Å². The Morgan fingerprint density at radius 1 is 1.17 bits per heavy atom. The smallest absolute Gasteiger partial charge is 0.109 e. The molecule has 0 radical (unpaired) electrons. The minimum atomic E-state index is 0.0715. The molecule has 2 rings (SSSR count). The number of hydrogen-bond donors (Lipinski definition) is 0. The summed E-state index contributed by atoms with van der Waals surface area (Å²) in [6.07, 6.45) is 0.0715. The molecular formula is C8H5Cl3O. The number of halogens is 3. The molecule has 1 saturated heterocycles. The summed E-state index contributed by atoms with van der Waals surface area (Å²) in [5.74, 6) is 0. The van der Waals surface area contributed by atoms with Gasteiger partial charge in [0.25, 0.3) is 0 Å². The Labute approximate surface area is 85.2 Å². The van der Waals surface area contributed by atoms with Crippen LogP contribution in [0.2, 0.25) is 15.1 Å². The molecular weight excluding hydrogens is 218 g/mol. The summed E-state index contributed by atoms with van der Waals surface area (Å²) in [4.78, 5) is 0. The summed E-state index contributed by atoms with van der Waals surface area (Å²) in [6, 6.07) is 3.35. The van der Waals surface area contributed by atoms with Gasteiger partial charge in [-0.2, -0.15) is 0 Å². The first kappa shape index (κ1) is 8.64. The molecule has 0 spiro atoms. The van der Waals surface area contributed by atoms with Crippen molar-refractivity contribution < 1.29 is 4.74 Å². The van der Waals surface area contributed by atoms with Gasteiger partial charge in [0, 0.05) is 20.6 Å². The van der Waals surface area contributed by atoms with E-state index in [0.717, 1.165) is 5.56 Å². The molecule has 1 aliphatic heterocycles. The lowest BCUT2D eigenvalue weighted by Crippen LogP contribution is -1.84. The first-order valence-corrected chi connectivity index (χ1v) is 4.58. The molecule has 0 aliphatic carbocycles. The first-order chi connectivity index (χ1) is 5.68. The van der Waals surface area contributed by atoms with Gasteiger partial charge in [-0.1, -0.05) is 34.8 Å². The Balaban J connectivity index is 2.51. The summed E-state index contributed by atoms with van der Waals surface area (Å²) in [5.41, 5.74) is 0.850. The van der Waals surface area contributed by atoms with Crippen LogP contribution in [0.15, 0.2) is 12.1 Å². The van der Waals surface area contributed by atoms with Crippen LogP contribution in [-0.2, 0) is 4.74 Å². The van der Waals surface area contributed by atoms with E-state index in [2.05, 4.69) is 0 Å². The minimum absolute atomic E-state index is 0.0715. The Morgan fingerprint density at radius 3 is 2.08 bits per heavy atom. The zero-order chi connectivity index (χ0) is 8.72. The second kappa shape index (κ2) is 3.08. The molecule has 1 aromatic carbocycles. The Hall–Kier alpha value is 0.0500. The molecule has 0 aromatic heterocycles. The van der Waals surface area contributed by atoms with Crippen LogP contribution in [0.4, 0.5) is 0 Å². The zero-order valence-electron chi connectivity index (χ0n) is 5.98. The highest BCUT2D eigenvalue weighted by atomic mass is 35.5. The van der Waals surface area contributed by atoms with Crippen molar-refractivity contribution in [2.75, 3.05) is 6.61 Å². The quantitative estimate of drug-likeness (QED) is 0.661. The third-order valence-corrected chi connectivity index (χ3v) is 2.54. The van der Waals surface area contributed by atoms with Crippen LogP contribution in [0.25, 0.3) is 0 Å². The van der Waals surface area contributed by atoms with Crippen molar-refractivity contribution in [1.29, 1.82) is 0 Å². The zero-order valence-corrected chi connectivity index (χ0v) is 8.25. The fraction of sp³-hybridized carbons (Fsp3) is 0.250. The molecule has 1 atom stereocenters. The van der Waals surface area contributed by atoms with Gasteiger partial charge < -0.3 is 4.74 Å². The van der Waals surface area contributed by atoms with Crippen molar-refractivity contribution in [3.05, 3.63) is 32.8 Å². The lowest BCUT2D eigenvalue weighted by molar-refractivity contribution is 0.416. The molecule has 0 amide bonds. The summed E-state index contributed by atoms with van der Waals surface area (Å²) in [7, 11) is 0. The molecule has 0 bridgehead atoms. The predicted molar refractivity (Wildman–Crippen MR) is 50.2 cm³/mol. The van der Waals surface area contributed by atoms with E-state index in [1.54, 1.807) is 12.1 Å². The molecule has 0 saturated carbocycles. The van der Waals surface area contributed by atoms with E-state index in [1.165, 1.54) is 0 Å². The van der Waals surface area contributed by atoms with E-state index in [4.69, 9.17) is 39.5 Å². The average molecular weight is 223 g/mol. The summed E-state index contributed by atoms with van der Waals surface area (Å²) >= 11 is 17.6. The molecule has 1 fully saturated rings. The van der Waals surface area contributed by atoms with E-state index in [0.29, 0.717) is 21.7 Å². The molecule has 1 heterocycles. The fourth-order valence-electron chi connectivity index (χ4n) is 1.08. The van der Waals surface area contributed by atoms with Crippen molar-refractivity contribution >= 4 is 34.8 Å². The van der Waals surface area contributed by atoms with Gasteiger partial charge >= 0.3 is 0 Å². The van der Waals surface area contributed by atoms with Crippen LogP contribution in [0.5, 0.6) is 0 Å². The van der Waals surface area contributed by atoms with E-state index in [-0.39, 0.29) is 6.10 Å². The van der Waals surface area contributed by atoms with Crippen molar-refractivity contribution in [2.24, 2.45) is 0 Å². The van der Waals surface area contributed by atoms with Gasteiger partial charge in [-0.25, -0.2) is 0 Å². The average Bonchev–Trinajstić information content (AvgIpc) is 2.68. The molecule has 1 aliphatic rings. The van der Waals surface area contributed by atoms with Gasteiger partial charge in [0.2, 0.25) is 0 Å². The standard InChI is InChI=1S/C8H5Cl3O/c9-4-1-5(10)8(6(11)2-4)7-3-12-7/h1-2,7H,3H2/t7-/m1/s1. The van der Waals surface area contributed by atoms with Crippen LogP contribution in [0.3, 0.4) is 0 Å². The number of hydrogen-bond acceptors (Lipinski definition) is 1. The SMILES string of the molecule is Clc1cc(Cl)c([C@H]2CO2)c(Cl)c1. The van der Waals surface area contributed by atoms with Crippen molar-refractivity contribution in [3.8, 4) is 0 Å². The van der Waals surface area contributed by atoms with Crippen molar-refractivity contribution in [3.63, 3.8) is 0 Å². The number of ether oxygens (including phenoxy) is 1. The first-order valence-electron chi connectivity index (χ1n) is 3.44. The van der Waals surface area contributed by atoms with E-state index < -0.39 is 0 Å². The maximum absolute atomic E-state index is 5.92. The minimum Gasteiger partial charge on any atom is -0.368 e. The predicted octanol–water partition coefficient (Wildman–Crippen LogP) is 3.72. The molecule has 0 unspecified atom stereocenters. The third-order valence-electron chi connectivity index (χ3n) is 1.70. The van der Waals surface area contributed by atoms with Gasteiger partial charge in [-0.3, -0.25) is 0 Å². The van der Waals surface area contributed by atoms with Crippen molar-refractivity contribution in [2.45, 2.75) is 6.10 Å². The van der Waals surface area contributed by atoms with Crippen LogP contribution in [-0.4, -0.2) is 6.61 Å². The number of epoxide rings is 1. The van der Waals surface area contributed by atoms with E-state index in [9.17, 15) is 0 Å². The summed E-state index contributed by atoms with van der Waals surface area (Å²) < 4.78 is 5.08. The molecule has 1 aromatic rings. The lowest BCUT2D eigenvalue weighted by Gasteiger charge is -2.03. The Kier molecular flexibility index (Phi) is 2.21. The Morgan fingerprint density at radius 2 is 1.67 bits per heavy atom. The van der Waals surface area contributed by atoms with Gasteiger partial charge in [0.15, 0.2) is 0 Å². The summed E-state index contributed by atoms with van der Waals surface area (Å²) in [5, 5.41) is 1.71. The second-order valence-corrected chi connectivity index (χ2v) is 3.86. The lowest BCUT2D eigenvalue weighted by atomic mass is 10.2. The van der Waals surface area contributed by atoms with Crippen LogP contribution in [0.1, 0.15) is 11.7 Å². The molecule has 12 heavy (non-hydrogen) atoms. The monoisotopic (exact) mass is 222 g/mol. The topological polar surface area (TPSA) is 12.5 Å². The van der Waals surface area contributed by atoms with Crippen LogP contribution >= 0.6 is 34.8 Å². The van der Waals surface area contributed by atoms with Crippen molar-refractivity contribution in [1.82, 2.24) is 0 Å². The molecule has 1 nitrogen and oxygen atoms in total. The maximum Gasteiger partial charge on any atom is 0.109 e. The van der Waals surface area contributed by atoms with Crippen LogP contribution < -0.4 is 0 Å². The van der Waals surface area contributed by atoms with Gasteiger partial charge in [0.1, 0.15) is 6.10 Å². The second-order valence-electron chi connectivity index (χ2n) is 2.61. The fourth-order valence-corrected chi connectivity index (χ4v) is 2.14. The third kappa shape index (κ3) is 1.55. The van der Waals surface area contributed by atoms with Gasteiger partial charge in [-0.15, -0.1) is 0 Å². The van der Waals surface area contributed by atoms with Crippen LogP contribution in [0, 0.1) is 0 Å². The molecule has 4 heteroatoms. The molecule has 0 N–H and O–H groups in total. The highest BCUT2D eigenvalue weighted by molar-refractivity contribution is 6.39. The van der Waals surface area contributed by atoms with Gasteiger partial charge in [0.05, 0.1) is 6.61 Å². The summed E-state index contributed by atoms with van der Waals surface area (Å²) in [6.45, 7) is 0.696. The number of benzene rings is 1. The maximum atomic E-state index is 5.92. The largest absolute Gasteiger partial charge is 0.368 e. The van der Waals surface area contributed by atoms with E-state index in [1.807, 2.05) is 0 Å². The highest BCUT2D eigenvalue weighted by Crippen LogP contribution is 2.40. The molecule has 64 valence electrons. The van der Waals surface area contributed by atoms with Gasteiger partial charge in [-0.05, 0) is 12.1 Å². The highest BCUT2D eigenvalue weighted by Gasteiger charge is 2.29. The normalized spacial score (nSPS) is 21.1.